The predicted molar refractivity (Wildman–Crippen MR) is 210 cm³/mol. The largest absolute Gasteiger partial charge is 0.436 e. The van der Waals surface area contributed by atoms with Crippen molar-refractivity contribution in [2.24, 2.45) is 0 Å². The van der Waals surface area contributed by atoms with Crippen LogP contribution in [-0.4, -0.2) is 14.5 Å². The highest BCUT2D eigenvalue weighted by Crippen LogP contribution is 2.52. The zero-order valence-electron chi connectivity index (χ0n) is 28.6. The number of fused-ring (bicyclic) bond motifs is 8. The Bertz CT molecular complexity index is 2850. The fourth-order valence-electron chi connectivity index (χ4n) is 8.44. The molecule has 1 aliphatic rings. The van der Waals surface area contributed by atoms with E-state index < -0.39 is 0 Å². The number of nitrogens with zero attached hydrogens (tertiary/aromatic N) is 3. The van der Waals surface area contributed by atoms with Crippen LogP contribution in [0.15, 0.2) is 160 Å². The Morgan fingerprint density at radius 1 is 0.481 bits per heavy atom. The van der Waals surface area contributed by atoms with Gasteiger partial charge in [0.1, 0.15) is 11.0 Å². The van der Waals surface area contributed by atoms with Crippen molar-refractivity contribution < 1.29 is 8.83 Å². The van der Waals surface area contributed by atoms with E-state index in [1.54, 1.807) is 0 Å². The van der Waals surface area contributed by atoms with Gasteiger partial charge in [-0.25, -0.2) is 9.97 Å². The fraction of sp³-hybridized carbons (Fsp3) is 0.0638. The lowest BCUT2D eigenvalue weighted by Crippen LogP contribution is -2.16. The monoisotopic (exact) mass is 669 g/mol. The van der Waals surface area contributed by atoms with Crippen LogP contribution < -0.4 is 0 Å². The number of oxazole rings is 2. The average molecular weight is 670 g/mol. The summed E-state index contributed by atoms with van der Waals surface area (Å²) in [5.74, 6) is 1.20. The van der Waals surface area contributed by atoms with Gasteiger partial charge >= 0.3 is 0 Å². The van der Waals surface area contributed by atoms with Crippen LogP contribution in [0.2, 0.25) is 0 Å². The van der Waals surface area contributed by atoms with Crippen molar-refractivity contribution >= 4 is 44.0 Å². The lowest BCUT2D eigenvalue weighted by Gasteiger charge is -2.24. The number of benzene rings is 7. The van der Waals surface area contributed by atoms with Crippen molar-refractivity contribution in [2.75, 3.05) is 0 Å². The molecule has 0 amide bonds. The Morgan fingerprint density at radius 2 is 1.00 bits per heavy atom. The van der Waals surface area contributed by atoms with E-state index >= 15 is 0 Å². The first-order chi connectivity index (χ1) is 25.5. The Kier molecular flexibility index (Phi) is 5.95. The second kappa shape index (κ2) is 10.6. The van der Waals surface area contributed by atoms with Gasteiger partial charge in [-0.2, -0.15) is 0 Å². The number of hydrogen-bond acceptors (Lipinski definition) is 4. The summed E-state index contributed by atoms with van der Waals surface area (Å²) >= 11 is 0. The molecule has 0 spiro atoms. The summed E-state index contributed by atoms with van der Waals surface area (Å²) in [6, 6.07) is 53.3. The van der Waals surface area contributed by atoms with Crippen molar-refractivity contribution in [2.45, 2.75) is 19.3 Å². The summed E-state index contributed by atoms with van der Waals surface area (Å²) in [6.07, 6.45) is 0. The zero-order chi connectivity index (χ0) is 34.6. The van der Waals surface area contributed by atoms with Gasteiger partial charge in [-0.1, -0.05) is 92.7 Å². The molecule has 11 rings (SSSR count). The minimum atomic E-state index is -0.0904. The molecule has 5 nitrogen and oxygen atoms in total. The molecule has 246 valence electrons. The molecular weight excluding hydrogens is 639 g/mol. The van der Waals surface area contributed by atoms with Gasteiger partial charge in [0.2, 0.25) is 11.8 Å². The normalized spacial score (nSPS) is 13.3. The van der Waals surface area contributed by atoms with Gasteiger partial charge in [-0.3, -0.25) is 0 Å². The summed E-state index contributed by atoms with van der Waals surface area (Å²) < 4.78 is 14.8. The molecule has 0 unspecified atom stereocenters. The van der Waals surface area contributed by atoms with Crippen LogP contribution in [0, 0.1) is 0 Å². The van der Waals surface area contributed by atoms with Gasteiger partial charge in [0.05, 0.1) is 11.0 Å². The third kappa shape index (κ3) is 4.17. The van der Waals surface area contributed by atoms with Crippen LogP contribution in [0.3, 0.4) is 0 Å². The molecule has 0 N–H and O–H groups in total. The lowest BCUT2D eigenvalue weighted by atomic mass is 9.79. The Labute approximate surface area is 299 Å². The Hall–Kier alpha value is -6.72. The zero-order valence-corrected chi connectivity index (χ0v) is 28.6. The molecular formula is C47H31N3O2. The summed E-state index contributed by atoms with van der Waals surface area (Å²) in [4.78, 5) is 9.62. The topological polar surface area (TPSA) is 57.0 Å². The molecule has 0 saturated carbocycles. The van der Waals surface area contributed by atoms with Gasteiger partial charge in [-0.05, 0) is 106 Å². The van der Waals surface area contributed by atoms with Crippen molar-refractivity contribution in [3.63, 3.8) is 0 Å². The quantitative estimate of drug-likeness (QED) is 0.187. The highest BCUT2D eigenvalue weighted by molar-refractivity contribution is 6.11. The molecule has 3 heterocycles. The minimum absolute atomic E-state index is 0.0904. The van der Waals surface area contributed by atoms with Crippen molar-refractivity contribution in [1.29, 1.82) is 0 Å². The van der Waals surface area contributed by atoms with Gasteiger partial charge < -0.3 is 13.4 Å². The van der Waals surface area contributed by atoms with E-state index in [-0.39, 0.29) is 5.41 Å². The van der Waals surface area contributed by atoms with Gasteiger partial charge in [-0.15, -0.1) is 0 Å². The molecule has 0 atom stereocenters. The first-order valence-electron chi connectivity index (χ1n) is 17.7. The van der Waals surface area contributed by atoms with Crippen molar-refractivity contribution in [3.8, 4) is 50.8 Å². The van der Waals surface area contributed by atoms with E-state index in [1.165, 1.54) is 33.4 Å². The Balaban J connectivity index is 1.08. The first-order valence-corrected chi connectivity index (χ1v) is 17.7. The van der Waals surface area contributed by atoms with E-state index in [0.717, 1.165) is 60.8 Å². The van der Waals surface area contributed by atoms with E-state index in [2.05, 4.69) is 122 Å². The van der Waals surface area contributed by atoms with E-state index in [4.69, 9.17) is 18.8 Å². The van der Waals surface area contributed by atoms with Gasteiger partial charge in [0.15, 0.2) is 11.2 Å². The number of aromatic nitrogens is 3. The number of para-hydroxylation sites is 4. The average Bonchev–Trinajstić information content (AvgIpc) is 3.95. The molecule has 52 heavy (non-hydrogen) atoms. The van der Waals surface area contributed by atoms with Crippen LogP contribution in [0.25, 0.3) is 94.9 Å². The maximum atomic E-state index is 6.21. The summed E-state index contributed by atoms with van der Waals surface area (Å²) in [5.41, 5.74) is 16.2. The summed E-state index contributed by atoms with van der Waals surface area (Å²) in [6.45, 7) is 4.69. The molecule has 10 aromatic rings. The first kappa shape index (κ1) is 29.1. The predicted octanol–water partition coefficient (Wildman–Crippen LogP) is 12.4. The fourth-order valence-corrected chi connectivity index (χ4v) is 8.44. The maximum absolute atomic E-state index is 6.21. The van der Waals surface area contributed by atoms with Crippen LogP contribution in [0.1, 0.15) is 25.0 Å². The van der Waals surface area contributed by atoms with E-state index in [1.807, 2.05) is 48.5 Å². The molecule has 0 radical (unpaired) electrons. The molecule has 0 aliphatic heterocycles. The molecule has 0 saturated heterocycles. The number of rotatable bonds is 4. The lowest BCUT2D eigenvalue weighted by molar-refractivity contribution is 0.619. The van der Waals surface area contributed by atoms with Crippen LogP contribution in [0.5, 0.6) is 0 Å². The summed E-state index contributed by atoms with van der Waals surface area (Å²) in [7, 11) is 0. The highest BCUT2D eigenvalue weighted by Gasteiger charge is 2.37. The number of hydrogen-bond donors (Lipinski definition) is 0. The van der Waals surface area contributed by atoms with E-state index in [0.29, 0.717) is 11.8 Å². The SMILES string of the molecule is CC1(C)c2ccccc2-c2cccc(-c3ccc(-n4c5ccc(-c6nc7ccccc7o6)cc5c5cc(-c6nc7ccccc7o6)ccc54)cc3)c21. The third-order valence-corrected chi connectivity index (χ3v) is 10.9. The van der Waals surface area contributed by atoms with Gasteiger partial charge in [0.25, 0.3) is 0 Å². The van der Waals surface area contributed by atoms with Crippen LogP contribution >= 0.6 is 0 Å². The third-order valence-electron chi connectivity index (χ3n) is 10.9. The molecule has 0 fully saturated rings. The summed E-state index contributed by atoms with van der Waals surface area (Å²) in [5, 5.41) is 2.19. The molecule has 5 heteroatoms. The van der Waals surface area contributed by atoms with Gasteiger partial charge in [0, 0.05) is 33.0 Å². The molecule has 0 bridgehead atoms. The molecule has 3 aromatic heterocycles. The molecule has 7 aromatic carbocycles. The van der Waals surface area contributed by atoms with Crippen molar-refractivity contribution in [1.82, 2.24) is 14.5 Å². The minimum Gasteiger partial charge on any atom is -0.436 e. The van der Waals surface area contributed by atoms with E-state index in [9.17, 15) is 0 Å². The molecule has 1 aliphatic carbocycles. The Morgan fingerprint density at radius 3 is 1.62 bits per heavy atom. The second-order valence-corrected chi connectivity index (χ2v) is 14.2. The van der Waals surface area contributed by atoms with Crippen LogP contribution in [0.4, 0.5) is 0 Å². The highest BCUT2D eigenvalue weighted by atomic mass is 16.4. The smallest absolute Gasteiger partial charge is 0.227 e. The van der Waals surface area contributed by atoms with Crippen molar-refractivity contribution in [3.05, 3.63) is 163 Å². The maximum Gasteiger partial charge on any atom is 0.227 e. The standard InChI is InChI=1S/C47H31N3O2/c1-47(2)37-13-4-3-10-33(37)34-12-9-11-32(44(34)47)28-18-22-31(23-19-28)50-40-24-20-29(45-48-38-14-5-7-16-42(38)51-45)26-35(40)36-27-30(21-25-41(36)50)46-49-39-15-6-8-17-43(39)52-46/h3-27H,1-2H3. The second-order valence-electron chi connectivity index (χ2n) is 14.2. The van der Waals surface area contributed by atoms with Crippen LogP contribution in [-0.2, 0) is 5.41 Å².